The van der Waals surface area contributed by atoms with Crippen LogP contribution in [0.4, 0.5) is 17.3 Å². The van der Waals surface area contributed by atoms with Crippen molar-refractivity contribution in [1.82, 2.24) is 18.3 Å². The number of hydrogen-bond acceptors (Lipinski definition) is 0. The van der Waals surface area contributed by atoms with Gasteiger partial charge in [-0.05, 0) is 0 Å². The SMILES string of the molecule is Cc1cc(C)c(-n2ccn(-c3c(C)cc(C)cc3C)[c]2=[Cu-3]=[c]2n(-c3c(C)cc(C)cc3C)ccn2-c2c(C)cc(C)cc2C)c(C)c1.F[B-](F)(F)F. The normalized spacial score (nSPS) is 11.6. The first-order valence-electron chi connectivity index (χ1n) is 17.3. The van der Waals surface area contributed by atoms with E-state index in [0.29, 0.717) is 0 Å². The molecule has 282 valence electrons. The Balaban J connectivity index is 0.000000979. The number of rotatable bonds is 4. The minimum absolute atomic E-state index is 1.12. The van der Waals surface area contributed by atoms with E-state index in [1.807, 2.05) is 14.1 Å². The average Bonchev–Trinajstić information content (AvgIpc) is 3.55. The zero-order valence-corrected chi connectivity index (χ0v) is 33.0. The summed E-state index contributed by atoms with van der Waals surface area (Å²) >= 11 is 1.96. The number of hydrogen-bond donors (Lipinski definition) is 0. The zero-order chi connectivity index (χ0) is 38.4. The van der Waals surface area contributed by atoms with E-state index in [1.54, 1.807) is 0 Å². The maximum absolute atomic E-state index is 9.75. The molecule has 0 fully saturated rings. The van der Waals surface area contributed by atoms with Crippen molar-refractivity contribution in [1.29, 1.82) is 0 Å². The number of imidazole rings is 2. The first-order valence-corrected chi connectivity index (χ1v) is 18.2. The molecule has 0 saturated heterocycles. The van der Waals surface area contributed by atoms with E-state index in [1.165, 1.54) is 89.5 Å². The number of halogens is 4. The van der Waals surface area contributed by atoms with Gasteiger partial charge in [0, 0.05) is 0 Å². The van der Waals surface area contributed by atoms with Crippen LogP contribution in [0.25, 0.3) is 22.7 Å². The van der Waals surface area contributed by atoms with Crippen LogP contribution in [0, 0.1) is 91.7 Å². The molecule has 2 aromatic heterocycles. The largest absolute Gasteiger partial charge is 0.673 e. The fraction of sp³-hybridized carbons (Fsp3) is 0.286. The van der Waals surface area contributed by atoms with Gasteiger partial charge in [0.05, 0.1) is 0 Å². The van der Waals surface area contributed by atoms with Gasteiger partial charge in [0.2, 0.25) is 0 Å². The number of aromatic nitrogens is 4. The standard InChI is InChI=1S/2C21H24N2.BF4.Cu/c2*1-14-9-16(3)20(17(4)10-14)22-7-8-23(13-22)21-18(5)11-15(2)12-19(21)6;2-1(3,4)5;/h2*7-12H,1-6H3;;/q;;-1;-3. The van der Waals surface area contributed by atoms with E-state index >= 15 is 0 Å². The van der Waals surface area contributed by atoms with E-state index in [4.69, 9.17) is 0 Å². The topological polar surface area (TPSA) is 19.7 Å². The van der Waals surface area contributed by atoms with Crippen molar-refractivity contribution in [3.05, 3.63) is 149 Å². The maximum atomic E-state index is 9.75. The van der Waals surface area contributed by atoms with Crippen molar-refractivity contribution < 1.29 is 31.3 Å². The Kier molecular flexibility index (Phi) is 11.1. The van der Waals surface area contributed by atoms with Crippen LogP contribution in [0.15, 0.2) is 73.3 Å². The third-order valence-electron chi connectivity index (χ3n) is 9.09. The van der Waals surface area contributed by atoms with E-state index in [9.17, 15) is 17.3 Å². The van der Waals surface area contributed by atoms with Gasteiger partial charge in [0.25, 0.3) is 0 Å². The van der Waals surface area contributed by atoms with Crippen molar-refractivity contribution in [3.8, 4) is 22.7 Å². The Morgan fingerprint density at radius 2 is 0.500 bits per heavy atom. The van der Waals surface area contributed by atoms with Gasteiger partial charge in [0.15, 0.2) is 0 Å². The van der Waals surface area contributed by atoms with Gasteiger partial charge in [-0.15, -0.1) is 0 Å². The molecule has 0 N–H and O–H groups in total. The minimum Gasteiger partial charge on any atom is -0.418 e. The summed E-state index contributed by atoms with van der Waals surface area (Å²) < 4.78 is 50.8. The first kappa shape index (κ1) is 38.8. The number of aryl methyl sites for hydroxylation is 12. The molecule has 0 atom stereocenters. The average molecular weight is 759 g/mol. The van der Waals surface area contributed by atoms with Crippen LogP contribution in [-0.4, -0.2) is 25.5 Å². The van der Waals surface area contributed by atoms with Gasteiger partial charge in [-0.3, -0.25) is 0 Å². The van der Waals surface area contributed by atoms with Gasteiger partial charge in [0.1, 0.15) is 0 Å². The summed E-state index contributed by atoms with van der Waals surface area (Å²) in [6.07, 6.45) is 8.97. The van der Waals surface area contributed by atoms with Crippen LogP contribution in [0.1, 0.15) is 66.8 Å². The third kappa shape index (κ3) is 8.14. The van der Waals surface area contributed by atoms with Gasteiger partial charge in [-0.1, -0.05) is 0 Å². The molecular formula is C42H48BCuF4N4-4. The third-order valence-corrected chi connectivity index (χ3v) is 10.4. The van der Waals surface area contributed by atoms with Crippen LogP contribution in [-0.2, 0) is 14.1 Å². The fourth-order valence-corrected chi connectivity index (χ4v) is 9.11. The van der Waals surface area contributed by atoms with Crippen LogP contribution in [0.3, 0.4) is 0 Å². The second-order valence-electron chi connectivity index (χ2n) is 14.1. The second kappa shape index (κ2) is 14.9. The van der Waals surface area contributed by atoms with Gasteiger partial charge in [-0.25, -0.2) is 0 Å². The maximum Gasteiger partial charge on any atom is 0.673 e. The molecule has 6 aromatic rings. The molecule has 0 spiro atoms. The van der Waals surface area contributed by atoms with E-state index in [0.717, 1.165) is 8.65 Å². The van der Waals surface area contributed by atoms with Crippen molar-refractivity contribution in [3.63, 3.8) is 0 Å². The number of benzene rings is 4. The molecule has 10 heteroatoms. The van der Waals surface area contributed by atoms with E-state index < -0.39 is 7.25 Å². The predicted molar refractivity (Wildman–Crippen MR) is 204 cm³/mol. The van der Waals surface area contributed by atoms with Crippen molar-refractivity contribution in [2.24, 2.45) is 0 Å². The molecule has 4 aromatic carbocycles. The Morgan fingerprint density at radius 1 is 0.346 bits per heavy atom. The summed E-state index contributed by atoms with van der Waals surface area (Å²) in [7, 11) is -6.00. The molecule has 0 aliphatic carbocycles. The molecule has 52 heavy (non-hydrogen) atoms. The molecular weight excluding hydrogens is 711 g/mol. The van der Waals surface area contributed by atoms with Crippen molar-refractivity contribution >= 4 is 7.25 Å². The zero-order valence-electron chi connectivity index (χ0n) is 32.1. The Hall–Kier alpha value is -4.40. The minimum atomic E-state index is -6.00. The van der Waals surface area contributed by atoms with E-state index in [-0.39, 0.29) is 0 Å². The molecule has 0 unspecified atom stereocenters. The van der Waals surface area contributed by atoms with E-state index in [2.05, 4.69) is 175 Å². The summed E-state index contributed by atoms with van der Waals surface area (Å²) in [6.45, 7) is 26.6. The fourth-order valence-electron chi connectivity index (χ4n) is 7.77. The van der Waals surface area contributed by atoms with Crippen molar-refractivity contribution in [2.75, 3.05) is 0 Å². The molecule has 2 heterocycles. The quantitative estimate of drug-likeness (QED) is 0.126. The Bertz CT molecular complexity index is 2070. The summed E-state index contributed by atoms with van der Waals surface area (Å²) in [5.74, 6) is 0. The molecule has 0 bridgehead atoms. The van der Waals surface area contributed by atoms with Crippen LogP contribution < -0.4 is 0 Å². The number of nitrogens with zero attached hydrogens (tertiary/aromatic N) is 4. The van der Waals surface area contributed by atoms with Crippen molar-refractivity contribution in [2.45, 2.75) is 83.1 Å². The molecule has 0 saturated carbocycles. The van der Waals surface area contributed by atoms with Gasteiger partial charge in [-0.2, -0.15) is 0 Å². The molecule has 6 rings (SSSR count). The van der Waals surface area contributed by atoms with Gasteiger partial charge < -0.3 is 17.3 Å². The molecule has 0 aliphatic rings. The van der Waals surface area contributed by atoms with Crippen LogP contribution >= 0.6 is 0 Å². The summed E-state index contributed by atoms with van der Waals surface area (Å²) in [6, 6.07) is 18.4. The molecule has 0 amide bonds. The molecule has 0 aliphatic heterocycles. The second-order valence-corrected chi connectivity index (χ2v) is 15.2. The smallest absolute Gasteiger partial charge is 0.418 e. The monoisotopic (exact) mass is 758 g/mol. The Labute approximate surface area is 310 Å². The summed E-state index contributed by atoms with van der Waals surface area (Å²) in [5.41, 5.74) is 20.2. The van der Waals surface area contributed by atoms with Crippen LogP contribution in [0.5, 0.6) is 0 Å². The summed E-state index contributed by atoms with van der Waals surface area (Å²) in [5, 5.41) is 0. The first-order chi connectivity index (χ1) is 24.2. The molecule has 4 nitrogen and oxygen atoms in total. The van der Waals surface area contributed by atoms with Crippen LogP contribution in [0.2, 0.25) is 0 Å². The Morgan fingerprint density at radius 3 is 0.654 bits per heavy atom. The molecule has 0 radical (unpaired) electrons. The predicted octanol–water partition coefficient (Wildman–Crippen LogP) is 11.7. The van der Waals surface area contributed by atoms with Gasteiger partial charge >= 0.3 is 294 Å². The summed E-state index contributed by atoms with van der Waals surface area (Å²) in [4.78, 5) is 0.